The first kappa shape index (κ1) is 32.4. The minimum Gasteiger partial charge on any atom is -0.491 e. The molecule has 2 aliphatic heterocycles. The highest BCUT2D eigenvalue weighted by atomic mass is 16.5. The van der Waals surface area contributed by atoms with Gasteiger partial charge in [-0.3, -0.25) is 4.79 Å². The first-order chi connectivity index (χ1) is 22.4. The van der Waals surface area contributed by atoms with Gasteiger partial charge in [-0.2, -0.15) is 0 Å². The maximum absolute atomic E-state index is 12.1. The number of nitrogens with zero attached hydrogens (tertiary/aromatic N) is 4. The van der Waals surface area contributed by atoms with Crippen LogP contribution in [0.1, 0.15) is 74.0 Å². The van der Waals surface area contributed by atoms with E-state index in [1.807, 2.05) is 30.3 Å². The van der Waals surface area contributed by atoms with Gasteiger partial charge < -0.3 is 33.7 Å². The van der Waals surface area contributed by atoms with E-state index in [-0.39, 0.29) is 19.0 Å². The molecule has 1 aliphatic carbocycles. The zero-order valence-corrected chi connectivity index (χ0v) is 26.5. The topological polar surface area (TPSA) is 106 Å². The van der Waals surface area contributed by atoms with Crippen molar-refractivity contribution in [3.8, 4) is 22.8 Å². The summed E-state index contributed by atoms with van der Waals surface area (Å²) in [4.78, 5) is 32.5. The Bertz CT molecular complexity index is 1790. The van der Waals surface area contributed by atoms with Gasteiger partial charge in [-0.1, -0.05) is 26.7 Å². The fourth-order valence-electron chi connectivity index (χ4n) is 7.18. The molecule has 0 unspecified atom stereocenters. The van der Waals surface area contributed by atoms with Gasteiger partial charge >= 0.3 is 5.97 Å². The molecular formula is C37H44N4O6. The van der Waals surface area contributed by atoms with Gasteiger partial charge in [-0.15, -0.1) is 0 Å². The van der Waals surface area contributed by atoms with E-state index >= 15 is 0 Å². The number of hydrogen-bond donors (Lipinski definition) is 1. The van der Waals surface area contributed by atoms with Crippen molar-refractivity contribution in [2.45, 2.75) is 65.5 Å². The third-order valence-electron chi connectivity index (χ3n) is 9.63. The second kappa shape index (κ2) is 13.7. The summed E-state index contributed by atoms with van der Waals surface area (Å²) in [7, 11) is 1.78. The molecule has 7 rings (SSSR count). The minimum atomic E-state index is -1.03. The number of carbonyl (C=O) groups excluding carboxylic acids is 1. The van der Waals surface area contributed by atoms with Crippen molar-refractivity contribution in [2.75, 3.05) is 49.8 Å². The molecule has 1 N–H and O–H groups in total. The smallest absolute Gasteiger partial charge is 0.354 e. The predicted octanol–water partition coefficient (Wildman–Crippen LogP) is 6.88. The number of carbonyl (C=O) groups is 2. The molecule has 0 atom stereocenters. The van der Waals surface area contributed by atoms with Gasteiger partial charge in [-0.05, 0) is 66.8 Å². The van der Waals surface area contributed by atoms with Crippen LogP contribution in [-0.2, 0) is 22.7 Å². The Balaban J connectivity index is 0.00000386. The number of benzene rings is 2. The van der Waals surface area contributed by atoms with Gasteiger partial charge in [0.25, 0.3) is 0 Å². The van der Waals surface area contributed by atoms with Gasteiger partial charge in [-0.25, -0.2) is 9.78 Å². The molecule has 47 heavy (non-hydrogen) atoms. The maximum Gasteiger partial charge on any atom is 0.354 e. The summed E-state index contributed by atoms with van der Waals surface area (Å²) in [6, 6.07) is 15.6. The van der Waals surface area contributed by atoms with Crippen LogP contribution in [0.2, 0.25) is 0 Å². The molecule has 4 aromatic rings. The summed E-state index contributed by atoms with van der Waals surface area (Å²) in [6.07, 6.45) is 5.82. The van der Waals surface area contributed by atoms with Crippen LogP contribution in [-0.4, -0.2) is 66.5 Å². The number of amides is 1. The maximum atomic E-state index is 12.1. The first-order valence-electron chi connectivity index (χ1n) is 16.3. The van der Waals surface area contributed by atoms with Crippen molar-refractivity contribution in [2.24, 2.45) is 0 Å². The molecule has 0 bridgehead atoms. The number of carboxylic acid groups (broad SMARTS) is 1. The normalized spacial score (nSPS) is 16.3. The highest BCUT2D eigenvalue weighted by molar-refractivity contribution is 5.95. The lowest BCUT2D eigenvalue weighted by molar-refractivity contribution is -0.116. The molecule has 1 amide bonds. The zero-order valence-electron chi connectivity index (χ0n) is 26.5. The molecule has 0 radical (unpaired) electrons. The van der Waals surface area contributed by atoms with Crippen molar-refractivity contribution in [1.29, 1.82) is 0 Å². The average molecular weight is 641 g/mol. The van der Waals surface area contributed by atoms with Crippen LogP contribution in [0, 0.1) is 0 Å². The van der Waals surface area contributed by atoms with Crippen LogP contribution in [0.3, 0.4) is 0 Å². The van der Waals surface area contributed by atoms with E-state index < -0.39 is 5.97 Å². The van der Waals surface area contributed by atoms with E-state index in [1.165, 1.54) is 24.8 Å². The number of hydrogen-bond acceptors (Lipinski definition) is 7. The summed E-state index contributed by atoms with van der Waals surface area (Å²) in [5.74, 6) is 0.748. The molecule has 248 valence electrons. The van der Waals surface area contributed by atoms with Gasteiger partial charge in [0, 0.05) is 61.0 Å². The summed E-state index contributed by atoms with van der Waals surface area (Å²) in [5, 5.41) is 10.7. The Kier molecular flexibility index (Phi) is 9.40. The Labute approximate surface area is 275 Å². The lowest BCUT2D eigenvalue weighted by Crippen LogP contribution is -2.37. The summed E-state index contributed by atoms with van der Waals surface area (Å²) >= 11 is 0. The second-order valence-corrected chi connectivity index (χ2v) is 12.4. The molecule has 3 aliphatic rings. The van der Waals surface area contributed by atoms with Crippen LogP contribution in [0.4, 0.5) is 11.4 Å². The monoisotopic (exact) mass is 640 g/mol. The number of aromatic nitrogens is 2. The third-order valence-corrected chi connectivity index (χ3v) is 9.63. The van der Waals surface area contributed by atoms with Gasteiger partial charge in [0.1, 0.15) is 30.4 Å². The molecule has 2 aromatic heterocycles. The molecular weight excluding hydrogens is 596 g/mol. The first-order valence-corrected chi connectivity index (χ1v) is 16.3. The van der Waals surface area contributed by atoms with Crippen LogP contribution in [0.25, 0.3) is 22.3 Å². The number of anilines is 2. The second-order valence-electron chi connectivity index (χ2n) is 12.4. The molecule has 2 fully saturated rings. The fourth-order valence-corrected chi connectivity index (χ4v) is 7.18. The van der Waals surface area contributed by atoms with Crippen molar-refractivity contribution in [3.05, 3.63) is 65.4 Å². The summed E-state index contributed by atoms with van der Waals surface area (Å²) in [5.41, 5.74) is 6.93. The quantitative estimate of drug-likeness (QED) is 0.233. The number of ether oxygens (including phenoxy) is 3. The van der Waals surface area contributed by atoms with Gasteiger partial charge in [0.2, 0.25) is 5.91 Å². The van der Waals surface area contributed by atoms with E-state index in [1.54, 1.807) is 24.9 Å². The van der Waals surface area contributed by atoms with E-state index in [2.05, 4.69) is 26.6 Å². The molecule has 4 heterocycles. The third kappa shape index (κ3) is 6.26. The van der Waals surface area contributed by atoms with E-state index in [4.69, 9.17) is 14.2 Å². The summed E-state index contributed by atoms with van der Waals surface area (Å²) < 4.78 is 20.5. The van der Waals surface area contributed by atoms with Gasteiger partial charge in [0.15, 0.2) is 5.69 Å². The van der Waals surface area contributed by atoms with Gasteiger partial charge in [0.05, 0.1) is 25.5 Å². The number of fused-ring (bicyclic) bond motifs is 5. The average Bonchev–Trinajstić information content (AvgIpc) is 3.28. The van der Waals surface area contributed by atoms with E-state index in [9.17, 15) is 14.7 Å². The highest BCUT2D eigenvalue weighted by Gasteiger charge is 2.30. The largest absolute Gasteiger partial charge is 0.491 e. The van der Waals surface area contributed by atoms with E-state index in [0.717, 1.165) is 65.3 Å². The highest BCUT2D eigenvalue weighted by Crippen LogP contribution is 2.47. The van der Waals surface area contributed by atoms with Crippen LogP contribution in [0.5, 0.6) is 11.5 Å². The number of rotatable bonds is 7. The van der Waals surface area contributed by atoms with Crippen molar-refractivity contribution < 1.29 is 28.9 Å². The molecule has 0 spiro atoms. The lowest BCUT2D eigenvalue weighted by atomic mass is 9.82. The van der Waals surface area contributed by atoms with Crippen molar-refractivity contribution in [1.82, 2.24) is 9.55 Å². The number of aromatic carboxylic acids is 1. The Morgan fingerprint density at radius 1 is 1.00 bits per heavy atom. The fraction of sp³-hybridized carbons (Fsp3) is 0.432. The van der Waals surface area contributed by atoms with Crippen molar-refractivity contribution >= 4 is 34.3 Å². The lowest BCUT2D eigenvalue weighted by Gasteiger charge is -2.31. The molecule has 1 saturated heterocycles. The molecule has 10 heteroatoms. The number of morpholine rings is 1. The Morgan fingerprint density at radius 2 is 1.79 bits per heavy atom. The standard InChI is InChI=1S/C36H40N4O6.CH4/c1-23(41)38(2)26-8-13-31(39-14-17-44-18-15-39)25(20-26)22-46-27-9-10-28-32(21-27)45-19-16-40-34(28)33(24-6-4-3-5-7-24)29-11-12-30(36(42)43)37-35(29)40;/h8-13,20-21,24H,3-7,14-19,22H2,1-2H3,(H,42,43);1H4. The van der Waals surface area contributed by atoms with Crippen LogP contribution >= 0.6 is 0 Å². The SMILES string of the molecule is C.CC(=O)N(C)c1ccc(N2CCOCC2)c(COc2ccc3c(c2)OCCn2c-3c(C3CCCCC3)c3ccc(C(=O)O)nc32)c1. The number of carboxylic acids is 1. The molecule has 1 saturated carbocycles. The van der Waals surface area contributed by atoms with Crippen LogP contribution in [0.15, 0.2) is 48.5 Å². The predicted molar refractivity (Wildman–Crippen MR) is 183 cm³/mol. The summed E-state index contributed by atoms with van der Waals surface area (Å²) in [6.45, 7) is 5.80. The van der Waals surface area contributed by atoms with E-state index in [0.29, 0.717) is 50.3 Å². The minimum absolute atomic E-state index is 0. The Morgan fingerprint density at radius 3 is 2.53 bits per heavy atom. The molecule has 10 nitrogen and oxygen atoms in total. The zero-order chi connectivity index (χ0) is 31.8. The number of pyridine rings is 1. The van der Waals surface area contributed by atoms with Crippen molar-refractivity contribution in [3.63, 3.8) is 0 Å². The molecule has 2 aromatic carbocycles. The Hall–Kier alpha value is -4.57. The van der Waals surface area contributed by atoms with Crippen LogP contribution < -0.4 is 19.3 Å².